The van der Waals surface area contributed by atoms with Crippen LogP contribution in [0.3, 0.4) is 0 Å². The van der Waals surface area contributed by atoms with E-state index >= 15 is 0 Å². The van der Waals surface area contributed by atoms with E-state index in [1.165, 1.54) is 0 Å². The Balaban J connectivity index is 2.10. The number of aromatic nitrogens is 1. The number of pyridine rings is 1. The maximum atomic E-state index is 6.14. The predicted molar refractivity (Wildman–Crippen MR) is 80.9 cm³/mol. The number of fused-ring (bicyclic) bond motifs is 1. The number of nitrogens with one attached hydrogen (secondary N) is 1. The van der Waals surface area contributed by atoms with Crippen LogP contribution >= 0.6 is 11.6 Å². The summed E-state index contributed by atoms with van der Waals surface area (Å²) in [7, 11) is 0. The molecule has 0 amide bonds. The first-order valence-corrected chi connectivity index (χ1v) is 6.27. The summed E-state index contributed by atoms with van der Waals surface area (Å²) in [4.78, 5) is 4.36. The Labute approximate surface area is 116 Å². The van der Waals surface area contributed by atoms with Gasteiger partial charge >= 0.3 is 0 Å². The Morgan fingerprint density at radius 3 is 2.74 bits per heavy atom. The Morgan fingerprint density at radius 2 is 1.89 bits per heavy atom. The van der Waals surface area contributed by atoms with E-state index < -0.39 is 0 Å². The highest BCUT2D eigenvalue weighted by Crippen LogP contribution is 2.29. The van der Waals surface area contributed by atoms with E-state index in [-0.39, 0.29) is 0 Å². The van der Waals surface area contributed by atoms with Gasteiger partial charge in [-0.25, -0.2) is 4.98 Å². The highest BCUT2D eigenvalue weighted by atomic mass is 35.5. The Bertz CT molecular complexity index is 740. The third-order valence-electron chi connectivity index (χ3n) is 2.92. The first-order chi connectivity index (χ1) is 9.24. The van der Waals surface area contributed by atoms with Crippen LogP contribution in [0.5, 0.6) is 0 Å². The molecule has 19 heavy (non-hydrogen) atoms. The third-order valence-corrected chi connectivity index (χ3v) is 3.25. The number of halogens is 1. The summed E-state index contributed by atoms with van der Waals surface area (Å²) in [5.41, 5.74) is 7.37. The van der Waals surface area contributed by atoms with E-state index in [0.717, 1.165) is 22.3 Å². The van der Waals surface area contributed by atoms with Gasteiger partial charge < -0.3 is 11.1 Å². The van der Waals surface area contributed by atoms with Crippen molar-refractivity contribution in [2.45, 2.75) is 0 Å². The summed E-state index contributed by atoms with van der Waals surface area (Å²) in [6.45, 7) is 0. The summed E-state index contributed by atoms with van der Waals surface area (Å²) in [5, 5.41) is 5.96. The highest BCUT2D eigenvalue weighted by molar-refractivity contribution is 6.33. The van der Waals surface area contributed by atoms with Gasteiger partial charge in [-0.2, -0.15) is 0 Å². The van der Waals surface area contributed by atoms with Crippen LogP contribution in [-0.4, -0.2) is 4.98 Å². The molecule has 0 aliphatic rings. The van der Waals surface area contributed by atoms with Gasteiger partial charge in [-0.15, -0.1) is 0 Å². The Morgan fingerprint density at radius 1 is 1.05 bits per heavy atom. The normalized spacial score (nSPS) is 10.6. The summed E-state index contributed by atoms with van der Waals surface area (Å²) < 4.78 is 0. The second-order valence-corrected chi connectivity index (χ2v) is 4.65. The van der Waals surface area contributed by atoms with Crippen molar-refractivity contribution in [1.82, 2.24) is 4.98 Å². The lowest BCUT2D eigenvalue weighted by molar-refractivity contribution is 1.34. The van der Waals surface area contributed by atoms with Crippen LogP contribution in [0.2, 0.25) is 5.02 Å². The number of benzene rings is 2. The van der Waals surface area contributed by atoms with Crippen LogP contribution in [0, 0.1) is 0 Å². The van der Waals surface area contributed by atoms with Crippen molar-refractivity contribution in [3.05, 3.63) is 59.8 Å². The van der Waals surface area contributed by atoms with E-state index in [1.54, 1.807) is 6.20 Å². The molecule has 0 aliphatic heterocycles. The molecule has 94 valence electrons. The summed E-state index contributed by atoms with van der Waals surface area (Å²) in [5.74, 6) is 0.748. The number of para-hydroxylation sites is 1. The standard InChI is InChI=1S/C15H12ClN3/c16-13-3-1-2-4-14(13)19-15-12-9-11(17)6-5-10(12)7-8-18-15/h1-9H,17H2,(H,18,19). The van der Waals surface area contributed by atoms with Crippen LogP contribution < -0.4 is 11.1 Å². The fourth-order valence-electron chi connectivity index (χ4n) is 1.98. The van der Waals surface area contributed by atoms with Gasteiger partial charge in [0, 0.05) is 17.3 Å². The minimum absolute atomic E-state index is 0.658. The van der Waals surface area contributed by atoms with E-state index in [9.17, 15) is 0 Å². The molecular weight excluding hydrogens is 258 g/mol. The second-order valence-electron chi connectivity index (χ2n) is 4.24. The van der Waals surface area contributed by atoms with Crippen molar-refractivity contribution >= 4 is 39.6 Å². The van der Waals surface area contributed by atoms with Crippen molar-refractivity contribution < 1.29 is 0 Å². The van der Waals surface area contributed by atoms with Gasteiger partial charge in [-0.05, 0) is 35.7 Å². The van der Waals surface area contributed by atoms with E-state index in [1.807, 2.05) is 48.5 Å². The van der Waals surface area contributed by atoms with Crippen molar-refractivity contribution in [3.63, 3.8) is 0 Å². The van der Waals surface area contributed by atoms with Crippen LogP contribution in [0.4, 0.5) is 17.2 Å². The smallest absolute Gasteiger partial charge is 0.138 e. The quantitative estimate of drug-likeness (QED) is 0.685. The molecule has 0 atom stereocenters. The lowest BCUT2D eigenvalue weighted by atomic mass is 10.1. The molecule has 0 unspecified atom stereocenters. The number of nitrogens with zero attached hydrogens (tertiary/aromatic N) is 1. The van der Waals surface area contributed by atoms with Gasteiger partial charge in [0.25, 0.3) is 0 Å². The van der Waals surface area contributed by atoms with Gasteiger partial charge in [-0.3, -0.25) is 0 Å². The molecule has 0 spiro atoms. The largest absolute Gasteiger partial charge is 0.399 e. The fourth-order valence-corrected chi connectivity index (χ4v) is 2.16. The molecule has 0 bridgehead atoms. The molecule has 1 aromatic heterocycles. The average molecular weight is 270 g/mol. The zero-order chi connectivity index (χ0) is 13.2. The van der Waals surface area contributed by atoms with Gasteiger partial charge in [0.2, 0.25) is 0 Å². The molecule has 0 aliphatic carbocycles. The minimum Gasteiger partial charge on any atom is -0.399 e. The predicted octanol–water partition coefficient (Wildman–Crippen LogP) is 4.21. The Hall–Kier alpha value is -2.26. The van der Waals surface area contributed by atoms with Crippen LogP contribution in [-0.2, 0) is 0 Å². The number of nitrogen functional groups attached to an aromatic ring is 1. The van der Waals surface area contributed by atoms with Gasteiger partial charge in [-0.1, -0.05) is 29.8 Å². The molecule has 3 nitrogen and oxygen atoms in total. The van der Waals surface area contributed by atoms with E-state index in [2.05, 4.69) is 10.3 Å². The molecule has 0 saturated carbocycles. The maximum absolute atomic E-state index is 6.14. The lowest BCUT2D eigenvalue weighted by Gasteiger charge is -2.10. The van der Waals surface area contributed by atoms with Crippen molar-refractivity contribution in [2.24, 2.45) is 0 Å². The molecule has 3 rings (SSSR count). The van der Waals surface area contributed by atoms with Gasteiger partial charge in [0.15, 0.2) is 0 Å². The van der Waals surface area contributed by atoms with Crippen molar-refractivity contribution in [1.29, 1.82) is 0 Å². The number of anilines is 3. The van der Waals surface area contributed by atoms with Gasteiger partial charge in [0.05, 0.1) is 10.7 Å². The zero-order valence-electron chi connectivity index (χ0n) is 10.1. The van der Waals surface area contributed by atoms with Gasteiger partial charge in [0.1, 0.15) is 5.82 Å². The zero-order valence-corrected chi connectivity index (χ0v) is 10.9. The number of hydrogen-bond donors (Lipinski definition) is 2. The average Bonchev–Trinajstić information content (AvgIpc) is 2.42. The molecule has 0 fully saturated rings. The summed E-state index contributed by atoms with van der Waals surface area (Å²) >= 11 is 6.14. The number of hydrogen-bond acceptors (Lipinski definition) is 3. The third kappa shape index (κ3) is 2.33. The molecule has 4 heteroatoms. The molecular formula is C15H12ClN3. The van der Waals surface area contributed by atoms with Crippen LogP contribution in [0.25, 0.3) is 10.8 Å². The van der Waals surface area contributed by atoms with Crippen molar-refractivity contribution in [2.75, 3.05) is 11.1 Å². The van der Waals surface area contributed by atoms with E-state index in [0.29, 0.717) is 10.7 Å². The fraction of sp³-hybridized carbons (Fsp3) is 0. The number of nitrogens with two attached hydrogens (primary N) is 1. The minimum atomic E-state index is 0.658. The highest BCUT2D eigenvalue weighted by Gasteiger charge is 2.05. The summed E-state index contributed by atoms with van der Waals surface area (Å²) in [6, 6.07) is 15.3. The molecule has 2 aromatic carbocycles. The van der Waals surface area contributed by atoms with Crippen molar-refractivity contribution in [3.8, 4) is 0 Å². The molecule has 3 N–H and O–H groups in total. The summed E-state index contributed by atoms with van der Waals surface area (Å²) in [6.07, 6.45) is 1.76. The number of rotatable bonds is 2. The maximum Gasteiger partial charge on any atom is 0.138 e. The van der Waals surface area contributed by atoms with Crippen LogP contribution in [0.1, 0.15) is 0 Å². The molecule has 3 aromatic rings. The molecule has 0 saturated heterocycles. The monoisotopic (exact) mass is 269 g/mol. The molecule has 0 radical (unpaired) electrons. The molecule has 1 heterocycles. The first kappa shape index (κ1) is 11.8. The first-order valence-electron chi connectivity index (χ1n) is 5.90. The lowest BCUT2D eigenvalue weighted by Crippen LogP contribution is -1.95. The topological polar surface area (TPSA) is 50.9 Å². The van der Waals surface area contributed by atoms with E-state index in [4.69, 9.17) is 17.3 Å². The van der Waals surface area contributed by atoms with Crippen LogP contribution in [0.15, 0.2) is 54.7 Å². The SMILES string of the molecule is Nc1ccc2ccnc(Nc3ccccc3Cl)c2c1. The Kier molecular flexibility index (Phi) is 2.97. The second kappa shape index (κ2) is 4.78.